The summed E-state index contributed by atoms with van der Waals surface area (Å²) in [7, 11) is 1.61. The Bertz CT molecular complexity index is 727. The number of allylic oxidation sites excluding steroid dienone is 1. The molecule has 3 N–H and O–H groups in total. The van der Waals surface area contributed by atoms with Crippen LogP contribution in [0.1, 0.15) is 0 Å². The normalized spacial score (nSPS) is 13.4. The SMILES string of the molecule is COc1ccc(-c2nnc3n2NC(N)=C(C#N)S3)cc1. The van der Waals surface area contributed by atoms with Gasteiger partial charge in [0.05, 0.1) is 7.11 Å². The number of ether oxygens (including phenoxy) is 1. The van der Waals surface area contributed by atoms with Gasteiger partial charge in [-0.1, -0.05) is 0 Å². The fraction of sp³-hybridized carbons (Fsp3) is 0.0833. The first-order valence-electron chi connectivity index (χ1n) is 5.67. The Balaban J connectivity index is 2.00. The molecule has 1 aromatic carbocycles. The van der Waals surface area contributed by atoms with Crippen LogP contribution in [0.3, 0.4) is 0 Å². The summed E-state index contributed by atoms with van der Waals surface area (Å²) in [6, 6.07) is 9.45. The molecule has 0 atom stereocenters. The molecule has 2 aromatic rings. The molecule has 0 bridgehead atoms. The highest BCUT2D eigenvalue weighted by atomic mass is 32.2. The Morgan fingerprint density at radius 3 is 2.75 bits per heavy atom. The Morgan fingerprint density at radius 2 is 2.10 bits per heavy atom. The van der Waals surface area contributed by atoms with E-state index in [1.807, 2.05) is 30.3 Å². The van der Waals surface area contributed by atoms with Gasteiger partial charge in [0.25, 0.3) is 0 Å². The minimum absolute atomic E-state index is 0.291. The molecule has 1 aromatic heterocycles. The van der Waals surface area contributed by atoms with Crippen molar-refractivity contribution in [3.05, 3.63) is 35.0 Å². The molecular weight excluding hydrogens is 276 g/mol. The molecule has 3 rings (SSSR count). The zero-order chi connectivity index (χ0) is 14.1. The summed E-state index contributed by atoms with van der Waals surface area (Å²) in [6.45, 7) is 0. The van der Waals surface area contributed by atoms with E-state index in [4.69, 9.17) is 15.7 Å². The van der Waals surface area contributed by atoms with Crippen LogP contribution in [-0.2, 0) is 0 Å². The summed E-state index contributed by atoms with van der Waals surface area (Å²) in [5, 5.41) is 17.7. The molecule has 0 aliphatic carbocycles. The van der Waals surface area contributed by atoms with E-state index in [0.717, 1.165) is 11.3 Å². The first-order chi connectivity index (χ1) is 9.72. The lowest BCUT2D eigenvalue weighted by molar-refractivity contribution is 0.415. The second-order valence-electron chi connectivity index (χ2n) is 3.94. The van der Waals surface area contributed by atoms with Gasteiger partial charge in [-0.05, 0) is 36.0 Å². The summed E-state index contributed by atoms with van der Waals surface area (Å²) in [6.07, 6.45) is 0. The quantitative estimate of drug-likeness (QED) is 0.856. The zero-order valence-electron chi connectivity index (χ0n) is 10.5. The molecule has 0 spiro atoms. The average Bonchev–Trinajstić information content (AvgIpc) is 2.89. The van der Waals surface area contributed by atoms with E-state index in [2.05, 4.69) is 15.6 Å². The smallest absolute Gasteiger partial charge is 0.216 e. The third-order valence-electron chi connectivity index (χ3n) is 2.75. The number of nitriles is 1. The Hall–Kier alpha value is -2.66. The number of nitrogens with zero attached hydrogens (tertiary/aromatic N) is 4. The third kappa shape index (κ3) is 1.94. The summed E-state index contributed by atoms with van der Waals surface area (Å²) in [5.41, 5.74) is 9.56. The lowest BCUT2D eigenvalue weighted by Crippen LogP contribution is -2.25. The number of aromatic nitrogens is 3. The van der Waals surface area contributed by atoms with Crippen molar-refractivity contribution in [3.63, 3.8) is 0 Å². The standard InChI is InChI=1S/C12H10N6OS/c1-19-8-4-2-7(3-5-8)11-15-16-12-18(11)17-10(14)9(6-13)20-12/h2-5,17H,14H2,1H3. The summed E-state index contributed by atoms with van der Waals surface area (Å²) < 4.78 is 6.77. The van der Waals surface area contributed by atoms with Gasteiger partial charge in [0.1, 0.15) is 22.5 Å². The Kier molecular flexibility index (Phi) is 2.96. The number of hydrogen-bond donors (Lipinski definition) is 2. The van der Waals surface area contributed by atoms with E-state index < -0.39 is 0 Å². The van der Waals surface area contributed by atoms with Gasteiger partial charge in [-0.15, -0.1) is 10.2 Å². The Morgan fingerprint density at radius 1 is 1.35 bits per heavy atom. The minimum Gasteiger partial charge on any atom is -0.497 e. The van der Waals surface area contributed by atoms with Crippen LogP contribution in [0.2, 0.25) is 0 Å². The van der Waals surface area contributed by atoms with Crippen molar-refractivity contribution in [1.82, 2.24) is 14.9 Å². The van der Waals surface area contributed by atoms with Crippen molar-refractivity contribution in [2.45, 2.75) is 5.16 Å². The van der Waals surface area contributed by atoms with Crippen molar-refractivity contribution in [1.29, 1.82) is 5.26 Å². The molecule has 0 saturated carbocycles. The van der Waals surface area contributed by atoms with Crippen molar-refractivity contribution in [2.24, 2.45) is 5.73 Å². The number of hydrogen-bond acceptors (Lipinski definition) is 7. The van der Waals surface area contributed by atoms with Crippen molar-refractivity contribution in [3.8, 4) is 23.2 Å². The summed E-state index contributed by atoms with van der Waals surface area (Å²) in [5.74, 6) is 1.68. The van der Waals surface area contributed by atoms with E-state index in [1.54, 1.807) is 11.8 Å². The van der Waals surface area contributed by atoms with E-state index in [0.29, 0.717) is 21.7 Å². The van der Waals surface area contributed by atoms with Gasteiger partial charge in [-0.25, -0.2) is 4.68 Å². The van der Waals surface area contributed by atoms with E-state index in [-0.39, 0.29) is 0 Å². The van der Waals surface area contributed by atoms with Crippen LogP contribution >= 0.6 is 11.8 Å². The highest BCUT2D eigenvalue weighted by Crippen LogP contribution is 2.32. The highest BCUT2D eigenvalue weighted by molar-refractivity contribution is 8.03. The molecule has 0 radical (unpaired) electrons. The predicted octanol–water partition coefficient (Wildman–Crippen LogP) is 1.25. The molecule has 8 heteroatoms. The van der Waals surface area contributed by atoms with Crippen molar-refractivity contribution < 1.29 is 4.74 Å². The number of rotatable bonds is 2. The summed E-state index contributed by atoms with van der Waals surface area (Å²) >= 11 is 1.18. The lowest BCUT2D eigenvalue weighted by atomic mass is 10.2. The molecule has 1 aliphatic heterocycles. The van der Waals surface area contributed by atoms with Crippen LogP contribution in [0, 0.1) is 11.3 Å². The monoisotopic (exact) mass is 286 g/mol. The van der Waals surface area contributed by atoms with Gasteiger partial charge in [-0.2, -0.15) is 5.26 Å². The molecule has 2 heterocycles. The molecule has 0 fully saturated rings. The first kappa shape index (κ1) is 12.4. The van der Waals surface area contributed by atoms with Crippen molar-refractivity contribution in [2.75, 3.05) is 12.5 Å². The number of methoxy groups -OCH3 is 1. The number of fused-ring (bicyclic) bond motifs is 1. The van der Waals surface area contributed by atoms with Gasteiger partial charge >= 0.3 is 0 Å². The van der Waals surface area contributed by atoms with Gasteiger partial charge < -0.3 is 10.5 Å². The molecule has 20 heavy (non-hydrogen) atoms. The van der Waals surface area contributed by atoms with Crippen LogP contribution in [0.25, 0.3) is 11.4 Å². The third-order valence-corrected chi connectivity index (χ3v) is 3.72. The molecule has 1 aliphatic rings. The fourth-order valence-corrected chi connectivity index (χ4v) is 2.45. The zero-order valence-corrected chi connectivity index (χ0v) is 11.3. The predicted molar refractivity (Wildman–Crippen MR) is 74.1 cm³/mol. The van der Waals surface area contributed by atoms with Gasteiger partial charge in [0, 0.05) is 5.56 Å². The second-order valence-corrected chi connectivity index (χ2v) is 4.92. The fourth-order valence-electron chi connectivity index (χ4n) is 1.76. The van der Waals surface area contributed by atoms with Crippen LogP contribution in [-0.4, -0.2) is 22.0 Å². The maximum absolute atomic E-state index is 8.95. The Labute approximate surface area is 119 Å². The van der Waals surface area contributed by atoms with Gasteiger partial charge in [0.2, 0.25) is 5.16 Å². The van der Waals surface area contributed by atoms with E-state index >= 15 is 0 Å². The van der Waals surface area contributed by atoms with Crippen LogP contribution < -0.4 is 15.9 Å². The van der Waals surface area contributed by atoms with Crippen molar-refractivity contribution >= 4 is 11.8 Å². The van der Waals surface area contributed by atoms with Gasteiger partial charge in [0.15, 0.2) is 5.82 Å². The molecular formula is C12H10N6OS. The minimum atomic E-state index is 0.291. The highest BCUT2D eigenvalue weighted by Gasteiger charge is 2.22. The first-order valence-corrected chi connectivity index (χ1v) is 6.49. The van der Waals surface area contributed by atoms with Crippen LogP contribution in [0.15, 0.2) is 40.1 Å². The number of thioether (sulfide) groups is 1. The average molecular weight is 286 g/mol. The second kappa shape index (κ2) is 4.79. The lowest BCUT2D eigenvalue weighted by Gasteiger charge is -2.17. The van der Waals surface area contributed by atoms with Gasteiger partial charge in [-0.3, -0.25) is 5.43 Å². The maximum atomic E-state index is 8.95. The summed E-state index contributed by atoms with van der Waals surface area (Å²) in [4.78, 5) is 0.381. The van der Waals surface area contributed by atoms with E-state index in [1.165, 1.54) is 11.8 Å². The number of nitrogens with two attached hydrogens (primary N) is 1. The van der Waals surface area contributed by atoms with Crippen LogP contribution in [0.4, 0.5) is 0 Å². The van der Waals surface area contributed by atoms with E-state index in [9.17, 15) is 0 Å². The number of nitrogens with one attached hydrogen (secondary N) is 1. The molecule has 100 valence electrons. The number of benzene rings is 1. The molecule has 0 unspecified atom stereocenters. The molecule has 7 nitrogen and oxygen atoms in total. The van der Waals surface area contributed by atoms with Crippen LogP contribution in [0.5, 0.6) is 5.75 Å². The molecule has 0 amide bonds. The topological polar surface area (TPSA) is 102 Å². The maximum Gasteiger partial charge on any atom is 0.216 e. The largest absolute Gasteiger partial charge is 0.497 e. The molecule has 0 saturated heterocycles.